The average molecular weight is 292 g/mol. The molecule has 0 aromatic carbocycles. The van der Waals surface area contributed by atoms with Crippen LogP contribution in [-0.2, 0) is 0 Å². The Morgan fingerprint density at radius 2 is 1.65 bits per heavy atom. The lowest BCUT2D eigenvalue weighted by molar-refractivity contribution is 0.304. The molecular weight excluding hydrogens is 271 g/mol. The molecule has 0 saturated heterocycles. The van der Waals surface area contributed by atoms with E-state index < -0.39 is 37.5 Å². The van der Waals surface area contributed by atoms with Crippen LogP contribution >= 0.6 is 0 Å². The molecule has 0 spiro atoms. The number of halogens is 5. The highest BCUT2D eigenvalue weighted by atomic mass is 28.5. The van der Waals surface area contributed by atoms with E-state index in [1.54, 1.807) is 0 Å². The Morgan fingerprint density at radius 3 is 2.24 bits per heavy atom. The zero-order valence-corrected chi connectivity index (χ0v) is 12.5. The molecule has 0 aromatic rings. The molecule has 0 saturated carbocycles. The first-order valence-corrected chi connectivity index (χ1v) is 10.1. The normalized spacial score (nSPS) is 14.6. The van der Waals surface area contributed by atoms with Crippen molar-refractivity contribution in [3.8, 4) is 0 Å². The summed E-state index contributed by atoms with van der Waals surface area (Å²) in [6, 6.07) is 0.920. The fourth-order valence-electron chi connectivity index (χ4n) is 1.66. The highest BCUT2D eigenvalue weighted by Gasteiger charge is 2.35. The van der Waals surface area contributed by atoms with Crippen LogP contribution in [0.2, 0.25) is 18.1 Å². The van der Waals surface area contributed by atoms with E-state index in [1.165, 1.54) is 0 Å². The van der Waals surface area contributed by atoms with Crippen molar-refractivity contribution in [2.45, 2.75) is 56.4 Å². The molecule has 1 atom stereocenters. The van der Waals surface area contributed by atoms with Gasteiger partial charge in [0.1, 0.15) is 0 Å². The molecule has 0 rings (SSSR count). The molecule has 0 nitrogen and oxygen atoms in total. The third-order valence-electron chi connectivity index (χ3n) is 2.65. The topological polar surface area (TPSA) is 0 Å². The van der Waals surface area contributed by atoms with E-state index in [4.69, 9.17) is 0 Å². The van der Waals surface area contributed by atoms with Crippen LogP contribution in [0.5, 0.6) is 0 Å². The van der Waals surface area contributed by atoms with Gasteiger partial charge in [-0.15, -0.1) is 0 Å². The number of alkyl halides is 2. The summed E-state index contributed by atoms with van der Waals surface area (Å²) >= 11 is 0. The Bertz CT molecular complexity index is 175. The number of hydrogen-bond donors (Lipinski definition) is 0. The van der Waals surface area contributed by atoms with E-state index in [0.717, 1.165) is 18.9 Å². The number of hydrogen-bond acceptors (Lipinski definition) is 0. The molecule has 0 N–H and O–H groups in total. The van der Waals surface area contributed by atoms with Crippen molar-refractivity contribution in [2.24, 2.45) is 0 Å². The minimum absolute atomic E-state index is 0.00319. The van der Waals surface area contributed by atoms with E-state index in [-0.39, 0.29) is 12.8 Å². The molecule has 0 aliphatic heterocycles. The van der Waals surface area contributed by atoms with Gasteiger partial charge in [-0.05, 0) is 12.5 Å². The Kier molecular flexibility index (Phi) is 10.1. The van der Waals surface area contributed by atoms with Crippen molar-refractivity contribution in [3.63, 3.8) is 0 Å². The highest BCUT2D eigenvalue weighted by molar-refractivity contribution is 6.58. The predicted molar refractivity (Wildman–Crippen MR) is 66.0 cm³/mol. The predicted octanol–water partition coefficient (Wildman–Crippen LogP) is 4.10. The monoisotopic (exact) mass is 292 g/mol. The molecule has 0 radical (unpaired) electrons. The summed E-state index contributed by atoms with van der Waals surface area (Å²) < 4.78 is 60.3. The van der Waals surface area contributed by atoms with Crippen LogP contribution in [0.1, 0.15) is 32.1 Å². The molecule has 0 aliphatic carbocycles. The Labute approximate surface area is 103 Å². The minimum Gasteiger partial charge on any atom is -0.251 e. The van der Waals surface area contributed by atoms with Crippen molar-refractivity contribution >= 4 is 18.6 Å². The quantitative estimate of drug-likeness (QED) is 0.233. The molecule has 0 heterocycles. The van der Waals surface area contributed by atoms with E-state index in [2.05, 4.69) is 0 Å². The van der Waals surface area contributed by atoms with Crippen molar-refractivity contribution < 1.29 is 21.1 Å². The summed E-state index contributed by atoms with van der Waals surface area (Å²) in [5, 5.41) is 0. The zero-order chi connectivity index (χ0) is 13.1. The molecule has 7 heteroatoms. The van der Waals surface area contributed by atoms with E-state index in [1.807, 2.05) is 0 Å². The van der Waals surface area contributed by atoms with Gasteiger partial charge in [0.15, 0.2) is 0 Å². The highest BCUT2D eigenvalue weighted by Crippen LogP contribution is 2.19. The van der Waals surface area contributed by atoms with Gasteiger partial charge in [0.05, 0.1) is 12.8 Å². The lowest BCUT2D eigenvalue weighted by Crippen LogP contribution is -2.13. The van der Waals surface area contributed by atoms with Crippen molar-refractivity contribution in [1.82, 2.24) is 0 Å². The van der Waals surface area contributed by atoms with E-state index in [9.17, 15) is 21.1 Å². The van der Waals surface area contributed by atoms with Gasteiger partial charge < -0.3 is 0 Å². The second-order valence-corrected chi connectivity index (χ2v) is 8.07. The lowest BCUT2D eigenvalue weighted by atomic mass is 10.2. The first-order chi connectivity index (χ1) is 7.95. The van der Waals surface area contributed by atoms with Gasteiger partial charge in [0.2, 0.25) is 0 Å². The van der Waals surface area contributed by atoms with Gasteiger partial charge in [-0.3, -0.25) is 4.39 Å². The molecule has 0 aliphatic rings. The van der Waals surface area contributed by atoms with Gasteiger partial charge >= 0.3 is 9.08 Å². The molecule has 0 fully saturated rings. The SMILES string of the molecule is FCCC(F)C[SiH2]CCCCCC[Si](F)(F)F. The molecule has 104 valence electrons. The summed E-state index contributed by atoms with van der Waals surface area (Å²) in [7, 11) is -5.81. The molecule has 0 bridgehead atoms. The van der Waals surface area contributed by atoms with Crippen LogP contribution in [-0.4, -0.2) is 31.4 Å². The third kappa shape index (κ3) is 14.0. The Morgan fingerprint density at radius 1 is 1.00 bits per heavy atom. The van der Waals surface area contributed by atoms with E-state index >= 15 is 0 Å². The number of rotatable bonds is 11. The fraction of sp³-hybridized carbons (Fsp3) is 1.00. The maximum absolute atomic E-state index is 12.8. The zero-order valence-electron chi connectivity index (χ0n) is 10.0. The average Bonchev–Trinajstić information content (AvgIpc) is 2.21. The van der Waals surface area contributed by atoms with Crippen LogP contribution in [0, 0.1) is 0 Å². The molecule has 1 unspecified atom stereocenters. The smallest absolute Gasteiger partial charge is 0.251 e. The Balaban J connectivity index is 3.14. The molecule has 17 heavy (non-hydrogen) atoms. The molecule has 0 aromatic heterocycles. The molecule has 0 amide bonds. The van der Waals surface area contributed by atoms with Crippen molar-refractivity contribution in [3.05, 3.63) is 0 Å². The Hall–Kier alpha value is 0.0838. The number of unbranched alkanes of at least 4 members (excludes halogenated alkanes) is 3. The van der Waals surface area contributed by atoms with E-state index in [0.29, 0.717) is 12.5 Å². The van der Waals surface area contributed by atoms with Gasteiger partial charge in [-0.1, -0.05) is 25.3 Å². The summed E-state index contributed by atoms with van der Waals surface area (Å²) in [6.07, 6.45) is 1.62. The maximum atomic E-state index is 12.8. The lowest BCUT2D eigenvalue weighted by Gasteiger charge is -2.05. The van der Waals surface area contributed by atoms with Crippen molar-refractivity contribution in [2.75, 3.05) is 6.67 Å². The van der Waals surface area contributed by atoms with Crippen LogP contribution in [0.25, 0.3) is 0 Å². The minimum atomic E-state index is -5.33. The van der Waals surface area contributed by atoms with Crippen molar-refractivity contribution in [1.29, 1.82) is 0 Å². The summed E-state index contributed by atoms with van der Waals surface area (Å²) in [5.41, 5.74) is 0. The van der Waals surface area contributed by atoms with Crippen LogP contribution in [0.3, 0.4) is 0 Å². The standard InChI is InChI=1S/C10H21F5Si2/c11-6-5-10(12)9-16-7-3-1-2-4-8-17(13,14)15/h10H,1-9,16H2. The van der Waals surface area contributed by atoms with Crippen LogP contribution in [0.15, 0.2) is 0 Å². The van der Waals surface area contributed by atoms with Gasteiger partial charge in [0, 0.05) is 22.0 Å². The van der Waals surface area contributed by atoms with Gasteiger partial charge in [0.25, 0.3) is 0 Å². The summed E-state index contributed by atoms with van der Waals surface area (Å²) in [4.78, 5) is 0. The maximum Gasteiger partial charge on any atom is 0.616 e. The second kappa shape index (κ2) is 10.0. The second-order valence-electron chi connectivity index (χ2n) is 4.35. The van der Waals surface area contributed by atoms with Crippen LogP contribution < -0.4 is 0 Å². The van der Waals surface area contributed by atoms with Crippen LogP contribution in [0.4, 0.5) is 21.1 Å². The molecular formula is C10H21F5Si2. The van der Waals surface area contributed by atoms with Gasteiger partial charge in [-0.2, -0.15) is 0 Å². The first kappa shape index (κ1) is 17.1. The fourth-order valence-corrected chi connectivity index (χ4v) is 4.04. The third-order valence-corrected chi connectivity index (χ3v) is 5.61. The summed E-state index contributed by atoms with van der Waals surface area (Å²) in [6.45, 7) is -0.600. The van der Waals surface area contributed by atoms with Gasteiger partial charge in [-0.25, -0.2) is 16.7 Å². The largest absolute Gasteiger partial charge is 0.616 e. The first-order valence-electron chi connectivity index (χ1n) is 6.22. The summed E-state index contributed by atoms with van der Waals surface area (Å²) in [5.74, 6) is 0.